The topological polar surface area (TPSA) is 40.5 Å². The normalized spacial score (nSPS) is 34.9. The molecule has 3 aliphatic rings. The summed E-state index contributed by atoms with van der Waals surface area (Å²) in [7, 11) is 0. The first kappa shape index (κ1) is 25.2. The van der Waals surface area contributed by atoms with Gasteiger partial charge in [0.15, 0.2) is 0 Å². The molecule has 2 N–H and O–H groups in total. The van der Waals surface area contributed by atoms with Gasteiger partial charge >= 0.3 is 0 Å². The van der Waals surface area contributed by atoms with Crippen molar-refractivity contribution in [3.05, 3.63) is 59.3 Å². The molecule has 5 unspecified atom stereocenters. The number of aliphatic hydroxyl groups is 2. The van der Waals surface area contributed by atoms with Crippen molar-refractivity contribution >= 4 is 0 Å². The molecule has 0 bridgehead atoms. The Morgan fingerprint density at radius 3 is 2.72 bits per heavy atom. The molecule has 2 saturated carbocycles. The Balaban J connectivity index is 1.73. The summed E-state index contributed by atoms with van der Waals surface area (Å²) in [5, 5.41) is 20.5. The lowest BCUT2D eigenvalue weighted by molar-refractivity contribution is 0.0824. The second kappa shape index (κ2) is 10.2. The van der Waals surface area contributed by atoms with Crippen LogP contribution in [0.15, 0.2) is 59.3 Å². The van der Waals surface area contributed by atoms with Crippen LogP contribution in [-0.2, 0) is 0 Å². The van der Waals surface area contributed by atoms with Gasteiger partial charge in [0, 0.05) is 6.42 Å². The quantitative estimate of drug-likeness (QED) is 0.411. The Hall–Kier alpha value is -1.45. The average Bonchev–Trinajstić information content (AvgIpc) is 3.12. The average molecular weight is 443 g/mol. The van der Waals surface area contributed by atoms with Crippen LogP contribution in [0.25, 0.3) is 0 Å². The number of hydrogen-bond acceptors (Lipinski definition) is 2. The molecule has 0 spiro atoms. The van der Waals surface area contributed by atoms with Crippen LogP contribution in [0.4, 0.5) is 4.39 Å². The molecule has 3 aliphatic carbocycles. The fourth-order valence-electron chi connectivity index (χ4n) is 6.15. The number of fused-ring (bicyclic) bond motifs is 1. The first-order chi connectivity index (χ1) is 15.1. The first-order valence-corrected chi connectivity index (χ1v) is 12.6. The Bertz CT molecular complexity index is 813. The van der Waals surface area contributed by atoms with Crippen molar-refractivity contribution in [2.45, 2.75) is 103 Å². The second-order valence-corrected chi connectivity index (χ2v) is 10.6. The molecular weight excluding hydrogens is 399 g/mol. The summed E-state index contributed by atoms with van der Waals surface area (Å²) in [4.78, 5) is 0. The van der Waals surface area contributed by atoms with Gasteiger partial charge in [-0.25, -0.2) is 4.39 Å². The molecule has 3 heteroatoms. The molecular formula is C29H43FO2. The van der Waals surface area contributed by atoms with Crippen molar-refractivity contribution in [3.8, 4) is 0 Å². The molecule has 2 nitrogen and oxygen atoms in total. The van der Waals surface area contributed by atoms with E-state index in [1.807, 2.05) is 26.0 Å². The highest BCUT2D eigenvalue weighted by atomic mass is 19.1. The Morgan fingerprint density at radius 2 is 2.03 bits per heavy atom. The van der Waals surface area contributed by atoms with Crippen LogP contribution in [-0.4, -0.2) is 28.1 Å². The predicted molar refractivity (Wildman–Crippen MR) is 132 cm³/mol. The minimum Gasteiger partial charge on any atom is -0.393 e. The zero-order chi connectivity index (χ0) is 23.5. The zero-order valence-electron chi connectivity index (χ0n) is 20.5. The fourth-order valence-corrected chi connectivity index (χ4v) is 6.15. The van der Waals surface area contributed by atoms with Gasteiger partial charge < -0.3 is 10.2 Å². The van der Waals surface area contributed by atoms with Crippen LogP contribution in [0, 0.1) is 17.3 Å². The molecule has 0 saturated heterocycles. The summed E-state index contributed by atoms with van der Waals surface area (Å²) in [5.74, 6) is 0.957. The van der Waals surface area contributed by atoms with Gasteiger partial charge in [0.2, 0.25) is 0 Å². The van der Waals surface area contributed by atoms with Gasteiger partial charge in [0.05, 0.1) is 11.7 Å². The number of rotatable bonds is 7. The summed E-state index contributed by atoms with van der Waals surface area (Å²) in [6, 6.07) is 0. The zero-order valence-corrected chi connectivity index (χ0v) is 20.5. The second-order valence-electron chi connectivity index (χ2n) is 10.6. The third kappa shape index (κ3) is 5.20. The molecule has 0 radical (unpaired) electrons. The lowest BCUT2D eigenvalue weighted by Crippen LogP contribution is -2.32. The summed E-state index contributed by atoms with van der Waals surface area (Å²) < 4.78 is 14.1. The minimum atomic E-state index is -1.13. The van der Waals surface area contributed by atoms with Gasteiger partial charge in [0.25, 0.3) is 0 Å². The highest BCUT2D eigenvalue weighted by Crippen LogP contribution is 2.57. The molecule has 0 amide bonds. The standard InChI is InChI=1S/C29H43FO2/c1-6-29(32,7-2)17-8-10-20(3)25-14-15-26-22(11-9-16-28(25,26)5)12-13-23-18-24(31)19-27(30)21(23)4/h8,12-14,17,20,24,26-27,31-32H,4,6-7,9-11,15-16,18-19H2,1-3,5H3/b17-8+,22-12+,23-13-. The van der Waals surface area contributed by atoms with Crippen LogP contribution in [0.5, 0.6) is 0 Å². The van der Waals surface area contributed by atoms with Crippen molar-refractivity contribution in [1.82, 2.24) is 0 Å². The first-order valence-electron chi connectivity index (χ1n) is 12.6. The maximum Gasteiger partial charge on any atom is 0.127 e. The molecule has 0 aromatic rings. The summed E-state index contributed by atoms with van der Waals surface area (Å²) >= 11 is 0. The van der Waals surface area contributed by atoms with E-state index >= 15 is 0 Å². The maximum absolute atomic E-state index is 14.1. The lowest BCUT2D eigenvalue weighted by atomic mass is 9.62. The molecule has 2 fully saturated rings. The van der Waals surface area contributed by atoms with E-state index < -0.39 is 17.9 Å². The summed E-state index contributed by atoms with van der Waals surface area (Å²) in [6.07, 6.45) is 16.8. The number of aliphatic hydroxyl groups excluding tert-OH is 1. The Labute approximate surface area is 194 Å². The third-order valence-corrected chi connectivity index (χ3v) is 8.51. The van der Waals surface area contributed by atoms with Gasteiger partial charge in [-0.05, 0) is 79.8 Å². The van der Waals surface area contributed by atoms with E-state index in [1.54, 1.807) is 5.57 Å². The van der Waals surface area contributed by atoms with E-state index in [0.29, 0.717) is 23.8 Å². The SMILES string of the molecule is C=C1/C(=C\C=C2/CCCC3(C)C(C(C)C/C=C/C(O)(CC)CC)=CCC23)CC(O)CC1F. The number of allylic oxidation sites excluding steroid dienone is 7. The van der Waals surface area contributed by atoms with Gasteiger partial charge in [-0.15, -0.1) is 0 Å². The van der Waals surface area contributed by atoms with Gasteiger partial charge in [0.1, 0.15) is 6.17 Å². The van der Waals surface area contributed by atoms with E-state index in [4.69, 9.17) is 0 Å². The van der Waals surface area contributed by atoms with Crippen molar-refractivity contribution in [2.24, 2.45) is 17.3 Å². The molecule has 0 aliphatic heterocycles. The van der Waals surface area contributed by atoms with Crippen molar-refractivity contribution < 1.29 is 14.6 Å². The van der Waals surface area contributed by atoms with E-state index in [9.17, 15) is 14.6 Å². The van der Waals surface area contributed by atoms with Gasteiger partial charge in [-0.2, -0.15) is 0 Å². The molecule has 5 atom stereocenters. The van der Waals surface area contributed by atoms with Crippen LogP contribution in [0.2, 0.25) is 0 Å². The van der Waals surface area contributed by atoms with Gasteiger partial charge in [-0.3, -0.25) is 0 Å². The van der Waals surface area contributed by atoms with Crippen LogP contribution in [0.1, 0.15) is 85.5 Å². The smallest absolute Gasteiger partial charge is 0.127 e. The maximum atomic E-state index is 14.1. The Morgan fingerprint density at radius 1 is 1.31 bits per heavy atom. The number of hydrogen-bond donors (Lipinski definition) is 2. The highest BCUT2D eigenvalue weighted by Gasteiger charge is 2.45. The van der Waals surface area contributed by atoms with Crippen LogP contribution < -0.4 is 0 Å². The monoisotopic (exact) mass is 442 g/mol. The molecule has 0 aromatic carbocycles. The molecule has 3 rings (SSSR count). The van der Waals surface area contributed by atoms with Crippen LogP contribution >= 0.6 is 0 Å². The summed E-state index contributed by atoms with van der Waals surface area (Å²) in [5.41, 5.74) is 3.90. The summed E-state index contributed by atoms with van der Waals surface area (Å²) in [6.45, 7) is 12.7. The largest absolute Gasteiger partial charge is 0.393 e. The molecule has 0 heterocycles. The van der Waals surface area contributed by atoms with E-state index in [2.05, 4.69) is 38.7 Å². The number of alkyl halides is 1. The van der Waals surface area contributed by atoms with Crippen molar-refractivity contribution in [3.63, 3.8) is 0 Å². The van der Waals surface area contributed by atoms with Crippen molar-refractivity contribution in [1.29, 1.82) is 0 Å². The van der Waals surface area contributed by atoms with Crippen molar-refractivity contribution in [2.75, 3.05) is 0 Å². The Kier molecular flexibility index (Phi) is 8.04. The third-order valence-electron chi connectivity index (χ3n) is 8.51. The van der Waals surface area contributed by atoms with Gasteiger partial charge in [-0.1, -0.05) is 75.8 Å². The van der Waals surface area contributed by atoms with Crippen LogP contribution in [0.3, 0.4) is 0 Å². The van der Waals surface area contributed by atoms with E-state index in [0.717, 1.165) is 37.7 Å². The molecule has 178 valence electrons. The molecule has 0 aromatic heterocycles. The molecule has 32 heavy (non-hydrogen) atoms. The van der Waals surface area contributed by atoms with E-state index in [-0.39, 0.29) is 11.8 Å². The predicted octanol–water partition coefficient (Wildman–Crippen LogP) is 7.16. The minimum absolute atomic E-state index is 0.168. The highest BCUT2D eigenvalue weighted by molar-refractivity contribution is 5.40. The number of halogens is 1. The fraction of sp³-hybridized carbons (Fsp3) is 0.655. The lowest BCUT2D eigenvalue weighted by Gasteiger charge is -2.42. The van der Waals surface area contributed by atoms with E-state index in [1.165, 1.54) is 18.4 Å².